The maximum atomic E-state index is 14.4. The third-order valence-corrected chi connectivity index (χ3v) is 6.74. The number of fused-ring (bicyclic) bond motifs is 1. The van der Waals surface area contributed by atoms with E-state index in [0.29, 0.717) is 24.7 Å². The summed E-state index contributed by atoms with van der Waals surface area (Å²) in [6.45, 7) is 1.00. The first-order valence-electron chi connectivity index (χ1n) is 10.2. The molecule has 0 radical (unpaired) electrons. The summed E-state index contributed by atoms with van der Waals surface area (Å²) in [4.78, 5) is 4.15. The third kappa shape index (κ3) is 4.14. The van der Waals surface area contributed by atoms with Gasteiger partial charge in [0.25, 0.3) is 0 Å². The maximum Gasteiger partial charge on any atom is 0.234 e. The summed E-state index contributed by atoms with van der Waals surface area (Å²) in [5.74, 6) is 0.0113. The summed E-state index contributed by atoms with van der Waals surface area (Å²) >= 11 is 0. The quantitative estimate of drug-likeness (QED) is 0.441. The number of hydrogen-bond acceptors (Lipinski definition) is 7. The molecule has 0 unspecified atom stereocenters. The van der Waals surface area contributed by atoms with Crippen molar-refractivity contribution in [1.82, 2.24) is 4.98 Å². The van der Waals surface area contributed by atoms with E-state index < -0.39 is 15.7 Å². The van der Waals surface area contributed by atoms with Crippen LogP contribution in [0.2, 0.25) is 0 Å². The van der Waals surface area contributed by atoms with Crippen LogP contribution in [0.4, 0.5) is 10.3 Å². The normalized spacial score (nSPS) is 13.0. The second-order valence-electron chi connectivity index (χ2n) is 7.28. The van der Waals surface area contributed by atoms with E-state index in [1.807, 2.05) is 30.3 Å². The SMILES string of the molecule is O=S(=O)(c1ccc2c(c1)OCCO2)c1nc(-c2ccccc2F)oc1NCc1ccccc1. The average Bonchev–Trinajstić information content (AvgIpc) is 3.28. The second kappa shape index (κ2) is 8.59. The van der Waals surface area contributed by atoms with Crippen molar-refractivity contribution in [3.63, 3.8) is 0 Å². The molecule has 0 bridgehead atoms. The largest absolute Gasteiger partial charge is 0.486 e. The molecule has 0 saturated carbocycles. The molecule has 2 heterocycles. The van der Waals surface area contributed by atoms with Crippen LogP contribution in [-0.2, 0) is 16.4 Å². The molecule has 3 aromatic carbocycles. The lowest BCUT2D eigenvalue weighted by atomic mass is 10.2. The van der Waals surface area contributed by atoms with E-state index in [0.717, 1.165) is 5.56 Å². The van der Waals surface area contributed by atoms with Gasteiger partial charge in [0, 0.05) is 12.6 Å². The van der Waals surface area contributed by atoms with E-state index in [1.54, 1.807) is 6.07 Å². The number of sulfone groups is 1. The summed E-state index contributed by atoms with van der Waals surface area (Å²) < 4.78 is 58.2. The zero-order valence-electron chi connectivity index (χ0n) is 17.3. The second-order valence-corrected chi connectivity index (χ2v) is 9.15. The molecule has 0 saturated heterocycles. The predicted molar refractivity (Wildman–Crippen MR) is 119 cm³/mol. The predicted octanol–water partition coefficient (Wildman–Crippen LogP) is 4.70. The van der Waals surface area contributed by atoms with Crippen molar-refractivity contribution in [2.75, 3.05) is 18.5 Å². The molecule has 4 aromatic rings. The number of nitrogens with one attached hydrogen (secondary N) is 1. The molecule has 0 amide bonds. The zero-order chi connectivity index (χ0) is 22.8. The van der Waals surface area contributed by atoms with Crippen molar-refractivity contribution in [1.29, 1.82) is 0 Å². The minimum Gasteiger partial charge on any atom is -0.486 e. The van der Waals surface area contributed by atoms with Gasteiger partial charge in [-0.3, -0.25) is 0 Å². The van der Waals surface area contributed by atoms with Gasteiger partial charge in [-0.05, 0) is 29.8 Å². The molecule has 9 heteroatoms. The summed E-state index contributed by atoms with van der Waals surface area (Å²) in [6, 6.07) is 19.6. The Morgan fingerprint density at radius 1 is 0.909 bits per heavy atom. The van der Waals surface area contributed by atoms with Crippen LogP contribution in [0.15, 0.2) is 87.1 Å². The van der Waals surface area contributed by atoms with Gasteiger partial charge in [-0.2, -0.15) is 4.98 Å². The van der Waals surface area contributed by atoms with E-state index in [2.05, 4.69) is 10.3 Å². The Hall–Kier alpha value is -3.85. The van der Waals surface area contributed by atoms with E-state index in [4.69, 9.17) is 13.9 Å². The van der Waals surface area contributed by atoms with Crippen molar-refractivity contribution >= 4 is 15.7 Å². The number of halogens is 1. The first-order chi connectivity index (χ1) is 16.0. The van der Waals surface area contributed by atoms with Crippen LogP contribution >= 0.6 is 0 Å². The third-order valence-electron chi connectivity index (χ3n) is 5.07. The number of benzene rings is 3. The molecule has 33 heavy (non-hydrogen) atoms. The van der Waals surface area contributed by atoms with Crippen LogP contribution in [0.25, 0.3) is 11.5 Å². The molecule has 7 nitrogen and oxygen atoms in total. The van der Waals surface area contributed by atoms with Crippen molar-refractivity contribution in [3.05, 3.63) is 84.2 Å². The molecule has 5 rings (SSSR count). The van der Waals surface area contributed by atoms with Gasteiger partial charge >= 0.3 is 0 Å². The van der Waals surface area contributed by atoms with Crippen molar-refractivity contribution in [2.45, 2.75) is 16.5 Å². The van der Waals surface area contributed by atoms with Gasteiger partial charge in [0.2, 0.25) is 26.6 Å². The monoisotopic (exact) mass is 466 g/mol. The lowest BCUT2D eigenvalue weighted by Gasteiger charge is -2.18. The molecule has 0 atom stereocenters. The molecule has 1 aliphatic heterocycles. The zero-order valence-corrected chi connectivity index (χ0v) is 18.1. The van der Waals surface area contributed by atoms with Gasteiger partial charge < -0.3 is 19.2 Å². The highest BCUT2D eigenvalue weighted by atomic mass is 32.2. The first kappa shape index (κ1) is 21.0. The number of rotatable bonds is 6. The molecular formula is C24H19FN2O5S. The van der Waals surface area contributed by atoms with E-state index in [-0.39, 0.29) is 33.8 Å². The minimum absolute atomic E-state index is 0.0390. The summed E-state index contributed by atoms with van der Waals surface area (Å²) in [6.07, 6.45) is 0. The molecule has 1 aromatic heterocycles. The minimum atomic E-state index is -4.13. The molecule has 0 fully saturated rings. The topological polar surface area (TPSA) is 90.7 Å². The van der Waals surface area contributed by atoms with Crippen molar-refractivity contribution < 1.29 is 26.7 Å². The van der Waals surface area contributed by atoms with Crippen LogP contribution < -0.4 is 14.8 Å². The highest BCUT2D eigenvalue weighted by molar-refractivity contribution is 7.91. The van der Waals surface area contributed by atoms with Gasteiger partial charge in [0.15, 0.2) is 11.5 Å². The lowest BCUT2D eigenvalue weighted by molar-refractivity contribution is 0.171. The fourth-order valence-corrected chi connectivity index (χ4v) is 4.72. The molecule has 1 N–H and O–H groups in total. The lowest BCUT2D eigenvalue weighted by Crippen LogP contribution is -2.16. The Morgan fingerprint density at radius 3 is 2.42 bits per heavy atom. The number of anilines is 1. The molecular weight excluding hydrogens is 447 g/mol. The Bertz CT molecular complexity index is 1400. The molecule has 0 aliphatic carbocycles. The number of hydrogen-bond donors (Lipinski definition) is 1. The smallest absolute Gasteiger partial charge is 0.234 e. The fourth-order valence-electron chi connectivity index (χ4n) is 3.43. The molecule has 0 spiro atoms. The van der Waals surface area contributed by atoms with Gasteiger partial charge in [-0.1, -0.05) is 42.5 Å². The van der Waals surface area contributed by atoms with Crippen LogP contribution in [0, 0.1) is 5.82 Å². The Kier molecular flexibility index (Phi) is 5.47. The Morgan fingerprint density at radius 2 is 1.64 bits per heavy atom. The van der Waals surface area contributed by atoms with Crippen LogP contribution in [-0.4, -0.2) is 26.6 Å². The van der Waals surface area contributed by atoms with Gasteiger partial charge in [-0.15, -0.1) is 0 Å². The molecule has 168 valence electrons. The van der Waals surface area contributed by atoms with Gasteiger partial charge in [-0.25, -0.2) is 12.8 Å². The van der Waals surface area contributed by atoms with Crippen molar-refractivity contribution in [2.24, 2.45) is 0 Å². The van der Waals surface area contributed by atoms with Gasteiger partial charge in [0.1, 0.15) is 19.0 Å². The first-order valence-corrected chi connectivity index (χ1v) is 11.7. The maximum absolute atomic E-state index is 14.4. The number of ether oxygens (including phenoxy) is 2. The highest BCUT2D eigenvalue weighted by Gasteiger charge is 2.30. The number of aromatic nitrogens is 1. The highest BCUT2D eigenvalue weighted by Crippen LogP contribution is 2.37. The number of oxazole rings is 1. The van der Waals surface area contributed by atoms with E-state index in [9.17, 15) is 12.8 Å². The van der Waals surface area contributed by atoms with E-state index >= 15 is 0 Å². The standard InChI is InChI=1S/C24H19FN2O5S/c25-19-9-5-4-8-18(19)22-27-24(23(32-22)26-15-16-6-2-1-3-7-16)33(28,29)17-10-11-20-21(14-17)31-13-12-30-20/h1-11,14,26H,12-13,15H2. The summed E-state index contributed by atoms with van der Waals surface area (Å²) in [7, 11) is -4.13. The summed E-state index contributed by atoms with van der Waals surface area (Å²) in [5, 5.41) is 2.65. The summed E-state index contributed by atoms with van der Waals surface area (Å²) in [5.41, 5.74) is 0.966. The van der Waals surface area contributed by atoms with Crippen LogP contribution in [0.1, 0.15) is 5.56 Å². The van der Waals surface area contributed by atoms with Crippen LogP contribution in [0.5, 0.6) is 11.5 Å². The van der Waals surface area contributed by atoms with Crippen molar-refractivity contribution in [3.8, 4) is 23.0 Å². The fraction of sp³-hybridized carbons (Fsp3) is 0.125. The average molecular weight is 466 g/mol. The molecule has 1 aliphatic rings. The Labute approximate surface area is 189 Å². The van der Waals surface area contributed by atoms with E-state index in [1.165, 1.54) is 36.4 Å². The van der Waals surface area contributed by atoms with Gasteiger partial charge in [0.05, 0.1) is 10.5 Å². The number of nitrogens with zero attached hydrogens (tertiary/aromatic N) is 1. The Balaban J connectivity index is 1.57. The van der Waals surface area contributed by atoms with Crippen LogP contribution in [0.3, 0.4) is 0 Å².